The number of benzene rings is 3. The van der Waals surface area contributed by atoms with Gasteiger partial charge >= 0.3 is 6.11 Å². The molecule has 0 spiro atoms. The number of hydrogen-bond donors (Lipinski definition) is 0. The van der Waals surface area contributed by atoms with Gasteiger partial charge in [0.05, 0.1) is 5.56 Å². The highest BCUT2D eigenvalue weighted by Gasteiger charge is 2.38. The minimum absolute atomic E-state index is 0.00401. The van der Waals surface area contributed by atoms with E-state index in [4.69, 9.17) is 9.47 Å². The second kappa shape index (κ2) is 11.2. The Kier molecular flexibility index (Phi) is 7.88. The van der Waals surface area contributed by atoms with Gasteiger partial charge in [-0.05, 0) is 73.3 Å². The van der Waals surface area contributed by atoms with E-state index in [1.54, 1.807) is 24.3 Å². The molecule has 39 heavy (non-hydrogen) atoms. The van der Waals surface area contributed by atoms with Crippen molar-refractivity contribution in [3.8, 4) is 17.2 Å². The van der Waals surface area contributed by atoms with Crippen LogP contribution in [0.5, 0.6) is 17.2 Å². The van der Waals surface area contributed by atoms with Crippen LogP contribution in [0.15, 0.2) is 42.5 Å². The molecular weight excluding hydrogens is 511 g/mol. The van der Waals surface area contributed by atoms with Gasteiger partial charge in [-0.15, -0.1) is 0 Å². The Balaban J connectivity index is 1.38. The molecule has 0 radical (unpaired) electrons. The third kappa shape index (κ3) is 5.50. The zero-order valence-corrected chi connectivity index (χ0v) is 22.3. The summed E-state index contributed by atoms with van der Waals surface area (Å²) < 4.78 is 85.7. The topological polar surface area (TPSA) is 18.5 Å². The van der Waals surface area contributed by atoms with Crippen LogP contribution < -0.4 is 9.47 Å². The molecule has 0 N–H and O–H groups in total. The highest BCUT2D eigenvalue weighted by Crippen LogP contribution is 2.47. The molecule has 0 aromatic heterocycles. The molecule has 2 aliphatic rings. The number of fused-ring (bicyclic) bond motifs is 2. The maximum Gasteiger partial charge on any atom is 0.426 e. The largest absolute Gasteiger partial charge is 0.450 e. The van der Waals surface area contributed by atoms with E-state index in [2.05, 4.69) is 6.92 Å². The average molecular weight is 545 g/mol. The van der Waals surface area contributed by atoms with E-state index in [0.29, 0.717) is 17.0 Å². The first-order valence-electron chi connectivity index (χ1n) is 13.9. The highest BCUT2D eigenvalue weighted by molar-refractivity contribution is 5.55. The Bertz CT molecular complexity index is 1330. The van der Waals surface area contributed by atoms with E-state index < -0.39 is 40.6 Å². The lowest BCUT2D eigenvalue weighted by atomic mass is 9.77. The number of halogens is 5. The molecule has 5 rings (SSSR count). The predicted molar refractivity (Wildman–Crippen MR) is 140 cm³/mol. The smallest absolute Gasteiger partial charge is 0.426 e. The molecule has 1 heterocycles. The lowest BCUT2D eigenvalue weighted by Crippen LogP contribution is -2.23. The van der Waals surface area contributed by atoms with Gasteiger partial charge in [-0.2, -0.15) is 17.6 Å². The highest BCUT2D eigenvalue weighted by atomic mass is 19.3. The monoisotopic (exact) mass is 544 g/mol. The Morgan fingerprint density at radius 2 is 1.51 bits per heavy atom. The fourth-order valence-electron chi connectivity index (χ4n) is 5.96. The summed E-state index contributed by atoms with van der Waals surface area (Å²) in [6.45, 7) is 4.15. The first-order valence-corrected chi connectivity index (χ1v) is 13.9. The summed E-state index contributed by atoms with van der Waals surface area (Å²) >= 11 is 0. The van der Waals surface area contributed by atoms with Crippen LogP contribution >= 0.6 is 0 Å². The molecule has 0 amide bonds. The van der Waals surface area contributed by atoms with E-state index in [9.17, 15) is 13.2 Å². The van der Waals surface area contributed by atoms with E-state index >= 15 is 8.78 Å². The van der Waals surface area contributed by atoms with Crippen LogP contribution in [0.3, 0.4) is 0 Å². The van der Waals surface area contributed by atoms with Crippen molar-refractivity contribution in [3.05, 3.63) is 87.7 Å². The Labute approximate surface area is 226 Å². The maximum absolute atomic E-state index is 15.6. The first-order chi connectivity index (χ1) is 18.7. The summed E-state index contributed by atoms with van der Waals surface area (Å²) in [4.78, 5) is 0. The van der Waals surface area contributed by atoms with Crippen LogP contribution in [0, 0.1) is 23.4 Å². The van der Waals surface area contributed by atoms with Crippen molar-refractivity contribution >= 4 is 0 Å². The molecule has 3 aromatic rings. The van der Waals surface area contributed by atoms with Crippen molar-refractivity contribution in [1.82, 2.24) is 0 Å². The molecule has 0 bridgehead atoms. The summed E-state index contributed by atoms with van der Waals surface area (Å²) in [7, 11) is 0. The van der Waals surface area contributed by atoms with E-state index in [1.807, 2.05) is 6.92 Å². The molecule has 1 fully saturated rings. The second-order valence-corrected chi connectivity index (χ2v) is 10.8. The fourth-order valence-corrected chi connectivity index (χ4v) is 5.96. The number of alkyl halides is 2. The lowest BCUT2D eigenvalue weighted by molar-refractivity contribution is -0.187. The van der Waals surface area contributed by atoms with Crippen molar-refractivity contribution in [1.29, 1.82) is 0 Å². The molecule has 1 saturated carbocycles. The standard InChI is InChI=1S/C32H33F5O2/c1-3-5-19-7-11-21(12-8-19)25-16-13-22-17-23-18-26(28(34)29(35)31(23)38-30(22)27(25)33)39-32(36,37)24-14-9-20(6-4-2)10-15-24/h9-10,13-16,18-19,21H,3-8,11-12,17H2,1-2H3. The molecule has 2 nitrogen and oxygen atoms in total. The third-order valence-electron chi connectivity index (χ3n) is 8.05. The van der Waals surface area contributed by atoms with Crippen LogP contribution in [0.4, 0.5) is 22.0 Å². The molecule has 208 valence electrons. The third-order valence-corrected chi connectivity index (χ3v) is 8.05. The molecule has 0 atom stereocenters. The molecular formula is C32H33F5O2. The quantitative estimate of drug-likeness (QED) is 0.206. The van der Waals surface area contributed by atoms with Crippen molar-refractivity contribution < 1.29 is 31.4 Å². The number of ether oxygens (including phenoxy) is 2. The van der Waals surface area contributed by atoms with Gasteiger partial charge in [0.25, 0.3) is 0 Å². The zero-order chi connectivity index (χ0) is 27.7. The lowest BCUT2D eigenvalue weighted by Gasteiger charge is -2.30. The second-order valence-electron chi connectivity index (χ2n) is 10.8. The molecule has 3 aromatic carbocycles. The van der Waals surface area contributed by atoms with Crippen LogP contribution in [-0.4, -0.2) is 0 Å². The zero-order valence-electron chi connectivity index (χ0n) is 22.3. The van der Waals surface area contributed by atoms with Crippen LogP contribution in [-0.2, 0) is 19.0 Å². The summed E-state index contributed by atoms with van der Waals surface area (Å²) in [5.41, 5.74) is 1.49. The Hall–Kier alpha value is -3.09. The van der Waals surface area contributed by atoms with E-state index in [1.165, 1.54) is 18.6 Å². The maximum atomic E-state index is 15.6. The van der Waals surface area contributed by atoms with Crippen molar-refractivity contribution in [3.63, 3.8) is 0 Å². The predicted octanol–water partition coefficient (Wildman–Crippen LogP) is 9.96. The molecule has 1 aliphatic carbocycles. The van der Waals surface area contributed by atoms with Crippen molar-refractivity contribution in [2.45, 2.75) is 83.7 Å². The summed E-state index contributed by atoms with van der Waals surface area (Å²) in [5, 5.41) is 0. The molecule has 1 aliphatic heterocycles. The van der Waals surface area contributed by atoms with Gasteiger partial charge in [-0.25, -0.2) is 4.39 Å². The number of hydrogen-bond acceptors (Lipinski definition) is 2. The van der Waals surface area contributed by atoms with Crippen LogP contribution in [0.1, 0.15) is 92.5 Å². The Morgan fingerprint density at radius 3 is 2.18 bits per heavy atom. The van der Waals surface area contributed by atoms with E-state index in [0.717, 1.165) is 56.6 Å². The number of rotatable bonds is 8. The van der Waals surface area contributed by atoms with Crippen LogP contribution in [0.25, 0.3) is 0 Å². The SMILES string of the molecule is CCCc1ccc(C(F)(F)Oc2cc3c(c(F)c2F)Oc2c(ccc(C4CCC(CCC)CC4)c2F)C3)cc1. The Morgan fingerprint density at radius 1 is 0.821 bits per heavy atom. The molecule has 0 saturated heterocycles. The van der Waals surface area contributed by atoms with Gasteiger partial charge in [-0.1, -0.05) is 57.4 Å². The molecule has 0 unspecified atom stereocenters. The summed E-state index contributed by atoms with van der Waals surface area (Å²) in [5.74, 6) is -4.49. The average Bonchev–Trinajstić information content (AvgIpc) is 2.92. The van der Waals surface area contributed by atoms with Crippen molar-refractivity contribution in [2.24, 2.45) is 5.92 Å². The van der Waals surface area contributed by atoms with Crippen LogP contribution in [0.2, 0.25) is 0 Å². The summed E-state index contributed by atoms with van der Waals surface area (Å²) in [6.07, 6.45) is 3.83. The molecule has 7 heteroatoms. The normalized spacial score (nSPS) is 18.7. The van der Waals surface area contributed by atoms with Gasteiger partial charge in [0.2, 0.25) is 11.6 Å². The minimum Gasteiger partial charge on any atom is -0.450 e. The van der Waals surface area contributed by atoms with Gasteiger partial charge in [-0.3, -0.25) is 0 Å². The first kappa shape index (κ1) is 27.5. The fraction of sp³-hybridized carbons (Fsp3) is 0.438. The number of aryl methyl sites for hydroxylation is 1. The van der Waals surface area contributed by atoms with Gasteiger partial charge in [0, 0.05) is 17.5 Å². The van der Waals surface area contributed by atoms with Gasteiger partial charge in [0.1, 0.15) is 0 Å². The van der Waals surface area contributed by atoms with Gasteiger partial charge in [0.15, 0.2) is 23.1 Å². The summed E-state index contributed by atoms with van der Waals surface area (Å²) in [6, 6.07) is 10.0. The van der Waals surface area contributed by atoms with Gasteiger partial charge < -0.3 is 9.47 Å². The van der Waals surface area contributed by atoms with E-state index in [-0.39, 0.29) is 23.7 Å². The van der Waals surface area contributed by atoms with Crippen molar-refractivity contribution in [2.75, 3.05) is 0 Å². The minimum atomic E-state index is -3.89.